The molecule has 0 bridgehead atoms. The first kappa shape index (κ1) is 19.4. The zero-order chi connectivity index (χ0) is 18.6. The predicted octanol–water partition coefficient (Wildman–Crippen LogP) is 1.70. The van der Waals surface area contributed by atoms with E-state index in [1.807, 2.05) is 13.8 Å². The molecule has 1 fully saturated rings. The Morgan fingerprint density at radius 3 is 2.28 bits per heavy atom. The number of nitrogens with zero attached hydrogens (tertiary/aromatic N) is 1. The highest BCUT2D eigenvalue weighted by molar-refractivity contribution is 7.89. The second-order valence-corrected chi connectivity index (χ2v) is 8.26. The van der Waals surface area contributed by atoms with Gasteiger partial charge in [0.25, 0.3) is 0 Å². The van der Waals surface area contributed by atoms with Gasteiger partial charge in [-0.2, -0.15) is 4.31 Å². The van der Waals surface area contributed by atoms with Crippen LogP contribution in [0.4, 0.5) is 0 Å². The molecular formula is C17H24N2O5S. The van der Waals surface area contributed by atoms with Crippen molar-refractivity contribution in [2.24, 2.45) is 5.92 Å². The number of hydrogen-bond acceptors (Lipinski definition) is 4. The Labute approximate surface area is 148 Å². The van der Waals surface area contributed by atoms with Gasteiger partial charge in [0, 0.05) is 25.0 Å². The predicted molar refractivity (Wildman–Crippen MR) is 92.8 cm³/mol. The Morgan fingerprint density at radius 1 is 1.24 bits per heavy atom. The molecule has 8 heteroatoms. The monoisotopic (exact) mass is 368 g/mol. The van der Waals surface area contributed by atoms with Gasteiger partial charge >= 0.3 is 5.97 Å². The van der Waals surface area contributed by atoms with Crippen molar-refractivity contribution >= 4 is 21.9 Å². The van der Waals surface area contributed by atoms with Crippen LogP contribution in [0.1, 0.15) is 43.5 Å². The number of carbonyl (C=O) groups is 2. The zero-order valence-electron chi connectivity index (χ0n) is 14.4. The molecule has 2 N–H and O–H groups in total. The van der Waals surface area contributed by atoms with Gasteiger partial charge < -0.3 is 10.4 Å². The molecule has 0 spiro atoms. The van der Waals surface area contributed by atoms with Crippen LogP contribution in [-0.4, -0.2) is 48.8 Å². The first-order valence-electron chi connectivity index (χ1n) is 8.39. The normalized spacial score (nSPS) is 17.8. The number of carbonyl (C=O) groups excluding carboxylic acids is 1. The van der Waals surface area contributed by atoms with Crippen LogP contribution in [0.5, 0.6) is 0 Å². The molecule has 1 aromatic rings. The lowest BCUT2D eigenvalue weighted by Gasteiger charge is -2.31. The fraction of sp³-hybridized carbons (Fsp3) is 0.529. The fourth-order valence-electron chi connectivity index (χ4n) is 2.74. The van der Waals surface area contributed by atoms with E-state index >= 15 is 0 Å². The second-order valence-electron chi connectivity index (χ2n) is 6.33. The number of sulfonamides is 1. The van der Waals surface area contributed by atoms with Gasteiger partial charge in [0.15, 0.2) is 0 Å². The van der Waals surface area contributed by atoms with Crippen molar-refractivity contribution in [1.29, 1.82) is 0 Å². The number of aromatic carboxylic acids is 1. The minimum absolute atomic E-state index is 0.0165. The molecule has 1 amide bonds. The summed E-state index contributed by atoms with van der Waals surface area (Å²) in [6.07, 6.45) is 1.81. The summed E-state index contributed by atoms with van der Waals surface area (Å²) in [6.45, 7) is 4.50. The molecule has 1 saturated heterocycles. The molecule has 1 aliphatic rings. The highest BCUT2D eigenvalue weighted by Gasteiger charge is 2.32. The smallest absolute Gasteiger partial charge is 0.335 e. The molecule has 25 heavy (non-hydrogen) atoms. The zero-order valence-corrected chi connectivity index (χ0v) is 15.3. The highest BCUT2D eigenvalue weighted by atomic mass is 32.2. The Morgan fingerprint density at radius 2 is 1.80 bits per heavy atom. The first-order chi connectivity index (χ1) is 11.8. The van der Waals surface area contributed by atoms with Crippen molar-refractivity contribution in [2.75, 3.05) is 13.1 Å². The highest BCUT2D eigenvalue weighted by Crippen LogP contribution is 2.24. The third-order valence-corrected chi connectivity index (χ3v) is 6.48. The van der Waals surface area contributed by atoms with E-state index in [9.17, 15) is 18.0 Å². The molecule has 138 valence electrons. The lowest BCUT2D eigenvalue weighted by molar-refractivity contribution is -0.126. The van der Waals surface area contributed by atoms with E-state index in [0.717, 1.165) is 6.42 Å². The van der Waals surface area contributed by atoms with Crippen LogP contribution in [0.15, 0.2) is 29.2 Å². The average Bonchev–Trinajstić information content (AvgIpc) is 2.61. The number of amides is 1. The van der Waals surface area contributed by atoms with Gasteiger partial charge in [0.2, 0.25) is 15.9 Å². The molecule has 7 nitrogen and oxygen atoms in total. The lowest BCUT2D eigenvalue weighted by atomic mass is 9.97. The second kappa shape index (κ2) is 7.97. The van der Waals surface area contributed by atoms with Crippen molar-refractivity contribution < 1.29 is 23.1 Å². The summed E-state index contributed by atoms with van der Waals surface area (Å²) in [7, 11) is -3.67. The molecular weight excluding hydrogens is 344 g/mol. The van der Waals surface area contributed by atoms with Crippen LogP contribution in [0.25, 0.3) is 0 Å². The quantitative estimate of drug-likeness (QED) is 0.795. The first-order valence-corrected chi connectivity index (χ1v) is 9.83. The van der Waals surface area contributed by atoms with Crippen LogP contribution in [0.2, 0.25) is 0 Å². The number of carboxylic acids is 1. The molecule has 0 radical (unpaired) electrons. The van der Waals surface area contributed by atoms with Crippen molar-refractivity contribution in [3.8, 4) is 0 Å². The summed E-state index contributed by atoms with van der Waals surface area (Å²) in [6, 6.07) is 5.28. The van der Waals surface area contributed by atoms with Crippen LogP contribution in [0, 0.1) is 5.92 Å². The Bertz CT molecular complexity index is 722. The summed E-state index contributed by atoms with van der Waals surface area (Å²) in [5.74, 6) is -1.29. The molecule has 0 aliphatic carbocycles. The Hall–Kier alpha value is -1.93. The minimum Gasteiger partial charge on any atom is -0.478 e. The number of nitrogens with one attached hydrogen (secondary N) is 1. The third kappa shape index (κ3) is 4.58. The van der Waals surface area contributed by atoms with Crippen LogP contribution < -0.4 is 5.32 Å². The fourth-order valence-corrected chi connectivity index (χ4v) is 4.21. The van der Waals surface area contributed by atoms with Gasteiger partial charge in [-0.1, -0.05) is 6.92 Å². The van der Waals surface area contributed by atoms with Gasteiger partial charge in [0.1, 0.15) is 0 Å². The largest absolute Gasteiger partial charge is 0.478 e. The topological polar surface area (TPSA) is 104 Å². The molecule has 1 atom stereocenters. The van der Waals surface area contributed by atoms with Crippen LogP contribution in [-0.2, 0) is 14.8 Å². The maximum absolute atomic E-state index is 12.6. The molecule has 1 aliphatic heterocycles. The molecule has 0 saturated carbocycles. The lowest BCUT2D eigenvalue weighted by Crippen LogP contribution is -2.44. The van der Waals surface area contributed by atoms with Gasteiger partial charge in [-0.05, 0) is 50.5 Å². The maximum atomic E-state index is 12.6. The van der Waals surface area contributed by atoms with Crippen molar-refractivity contribution in [3.05, 3.63) is 29.8 Å². The van der Waals surface area contributed by atoms with E-state index in [0.29, 0.717) is 12.8 Å². The number of rotatable bonds is 6. The summed E-state index contributed by atoms with van der Waals surface area (Å²) in [5.41, 5.74) is 0.0411. The van der Waals surface area contributed by atoms with E-state index in [1.165, 1.54) is 28.6 Å². The molecule has 1 unspecified atom stereocenters. The minimum atomic E-state index is -3.67. The average molecular weight is 368 g/mol. The standard InChI is InChI=1S/C17H24N2O5S/c1-3-12(2)18-16(20)13-8-10-19(11-9-13)25(23,24)15-6-4-14(5-7-15)17(21)22/h4-7,12-13H,3,8-11H2,1-2H3,(H,18,20)(H,21,22). The Balaban J connectivity index is 2.01. The van der Waals surface area contributed by atoms with E-state index < -0.39 is 16.0 Å². The van der Waals surface area contributed by atoms with Crippen molar-refractivity contribution in [1.82, 2.24) is 9.62 Å². The van der Waals surface area contributed by atoms with Crippen LogP contribution in [0.3, 0.4) is 0 Å². The SMILES string of the molecule is CCC(C)NC(=O)C1CCN(S(=O)(=O)c2ccc(C(=O)O)cc2)CC1. The van der Waals surface area contributed by atoms with Gasteiger partial charge in [-0.15, -0.1) is 0 Å². The Kier molecular flexibility index (Phi) is 6.18. The number of piperidine rings is 1. The maximum Gasteiger partial charge on any atom is 0.335 e. The van der Waals surface area contributed by atoms with Gasteiger partial charge in [-0.25, -0.2) is 13.2 Å². The van der Waals surface area contributed by atoms with Gasteiger partial charge in [0.05, 0.1) is 10.5 Å². The summed E-state index contributed by atoms with van der Waals surface area (Å²) >= 11 is 0. The number of carboxylic acid groups (broad SMARTS) is 1. The van der Waals surface area contributed by atoms with E-state index in [-0.39, 0.29) is 41.4 Å². The van der Waals surface area contributed by atoms with Gasteiger partial charge in [-0.3, -0.25) is 4.79 Å². The third-order valence-electron chi connectivity index (χ3n) is 4.56. The molecule has 1 aromatic carbocycles. The summed E-state index contributed by atoms with van der Waals surface area (Å²) in [5, 5.41) is 11.8. The van der Waals surface area contributed by atoms with Crippen LogP contribution >= 0.6 is 0 Å². The summed E-state index contributed by atoms with van der Waals surface area (Å²) < 4.78 is 26.7. The van der Waals surface area contributed by atoms with E-state index in [2.05, 4.69) is 5.32 Å². The number of benzene rings is 1. The van der Waals surface area contributed by atoms with E-state index in [4.69, 9.17) is 5.11 Å². The number of hydrogen-bond donors (Lipinski definition) is 2. The molecule has 2 rings (SSSR count). The van der Waals surface area contributed by atoms with Crippen molar-refractivity contribution in [3.63, 3.8) is 0 Å². The van der Waals surface area contributed by atoms with E-state index in [1.54, 1.807) is 0 Å². The summed E-state index contributed by atoms with van der Waals surface area (Å²) in [4.78, 5) is 23.1. The van der Waals surface area contributed by atoms with Crippen molar-refractivity contribution in [2.45, 2.75) is 44.0 Å². The molecule has 0 aromatic heterocycles. The molecule has 1 heterocycles.